The van der Waals surface area contributed by atoms with Gasteiger partial charge in [-0.05, 0) is 118 Å². The Morgan fingerprint density at radius 3 is 2.27 bits per heavy atom. The van der Waals surface area contributed by atoms with E-state index in [1.165, 1.54) is 19.6 Å². The molecule has 17 nitrogen and oxygen atoms in total. The first kappa shape index (κ1) is 59.9. The molecule has 0 aromatic heterocycles. The summed E-state index contributed by atoms with van der Waals surface area (Å²) >= 11 is 5.84. The normalized spacial score (nSPS) is 39.6. The summed E-state index contributed by atoms with van der Waals surface area (Å²) in [7, 11) is 5.27. The van der Waals surface area contributed by atoms with Crippen LogP contribution in [0, 0.1) is 29.1 Å². The number of nitrogens with zero attached hydrogens (tertiary/aromatic N) is 4. The standard InChI is InChI=1S/C52H89N5O12S/c1-14-40-52(10,63)44(59)36(6)57(27-19-26-56(25-18-23-53)49(70)54-24-22-38-20-16-15-17-21-38)31-32(2)29-50(8,62)46(69-48-42(58)39(55(11)12)28-33(3)65-48)34(4)43(35(5)47(61)67-40)68-41-30-51(9,64-13)45(60)37(7)66-41/h15-17,20-21,32-37,39-46,48,58-60,62-63H,14,18-19,22,24-31H2,1-13H3,(H,54,70)/t32-,33-,34+,35-,36-,37+,39+,40-,41+,42-,43+,44-,45+,46-,48+,50-,51-,52-/m1/s1. The Morgan fingerprint density at radius 2 is 1.66 bits per heavy atom. The molecule has 3 fully saturated rings. The van der Waals surface area contributed by atoms with Crippen LogP contribution in [-0.2, 0) is 39.6 Å². The second-order valence-corrected chi connectivity index (χ2v) is 21.8. The minimum atomic E-state index is -1.92. The highest BCUT2D eigenvalue weighted by Crippen LogP contribution is 2.40. The van der Waals surface area contributed by atoms with Crippen LogP contribution in [0.3, 0.4) is 0 Å². The molecule has 3 heterocycles. The number of aliphatic hydroxyl groups is 5. The summed E-state index contributed by atoms with van der Waals surface area (Å²) in [5.74, 6) is -2.86. The van der Waals surface area contributed by atoms with E-state index in [-0.39, 0.29) is 43.7 Å². The van der Waals surface area contributed by atoms with Crippen molar-refractivity contribution in [1.29, 1.82) is 5.26 Å². The number of cyclic esters (lactones) is 1. The Kier molecular flexibility index (Phi) is 22.7. The van der Waals surface area contributed by atoms with Crippen molar-refractivity contribution < 1.29 is 58.7 Å². The van der Waals surface area contributed by atoms with Crippen molar-refractivity contribution in [3.8, 4) is 6.07 Å². The Hall–Kier alpha value is -2.61. The van der Waals surface area contributed by atoms with Crippen molar-refractivity contribution in [3.63, 3.8) is 0 Å². The fourth-order valence-electron chi connectivity index (χ4n) is 10.9. The lowest BCUT2D eigenvalue weighted by molar-refractivity contribution is -0.318. The number of methoxy groups -OCH3 is 1. The van der Waals surface area contributed by atoms with Crippen molar-refractivity contribution in [1.82, 2.24) is 20.0 Å². The molecular weight excluding hydrogens is 919 g/mol. The van der Waals surface area contributed by atoms with Gasteiger partial charge in [-0.3, -0.25) is 9.69 Å². The van der Waals surface area contributed by atoms with E-state index >= 15 is 0 Å². The van der Waals surface area contributed by atoms with Crippen molar-refractivity contribution in [2.24, 2.45) is 17.8 Å². The van der Waals surface area contributed by atoms with Crippen molar-refractivity contribution in [3.05, 3.63) is 35.9 Å². The zero-order chi connectivity index (χ0) is 52.3. The Labute approximate surface area is 424 Å². The predicted molar refractivity (Wildman–Crippen MR) is 270 cm³/mol. The Bertz CT molecular complexity index is 1810. The van der Waals surface area contributed by atoms with E-state index in [4.69, 9.17) is 40.6 Å². The number of hydrogen-bond donors (Lipinski definition) is 6. The molecule has 400 valence electrons. The van der Waals surface area contributed by atoms with E-state index < -0.39 is 96.0 Å². The molecule has 3 aliphatic rings. The zero-order valence-corrected chi connectivity index (χ0v) is 45.1. The van der Waals surface area contributed by atoms with Gasteiger partial charge in [0.1, 0.15) is 30.0 Å². The molecule has 0 bridgehead atoms. The summed E-state index contributed by atoms with van der Waals surface area (Å²) in [6, 6.07) is 11.3. The molecule has 0 amide bonds. The van der Waals surface area contributed by atoms with Gasteiger partial charge in [-0.15, -0.1) is 0 Å². The molecule has 4 rings (SSSR count). The van der Waals surface area contributed by atoms with Crippen molar-refractivity contribution in [2.45, 2.75) is 204 Å². The minimum Gasteiger partial charge on any atom is -0.459 e. The van der Waals surface area contributed by atoms with Crippen LogP contribution < -0.4 is 5.32 Å². The number of rotatable bonds is 16. The first-order chi connectivity index (χ1) is 32.8. The maximum absolute atomic E-state index is 14.6. The van der Waals surface area contributed by atoms with Crippen LogP contribution in [0.2, 0.25) is 0 Å². The fraction of sp³-hybridized carbons (Fsp3) is 0.827. The lowest BCUT2D eigenvalue weighted by Crippen LogP contribution is -2.60. The van der Waals surface area contributed by atoms with Gasteiger partial charge in [0.25, 0.3) is 0 Å². The lowest BCUT2D eigenvalue weighted by Gasteiger charge is -2.48. The zero-order valence-electron chi connectivity index (χ0n) is 44.3. The second-order valence-electron chi connectivity index (χ2n) is 21.4. The van der Waals surface area contributed by atoms with Crippen LogP contribution >= 0.6 is 12.2 Å². The molecule has 0 spiro atoms. The largest absolute Gasteiger partial charge is 0.459 e. The van der Waals surface area contributed by atoms with Crippen molar-refractivity contribution in [2.75, 3.05) is 53.9 Å². The number of thiocarbonyl (C=S) groups is 1. The summed E-state index contributed by atoms with van der Waals surface area (Å²) in [4.78, 5) is 20.6. The number of likely N-dealkylation sites (N-methyl/N-ethyl adjacent to an activating group) is 1. The van der Waals surface area contributed by atoms with E-state index in [1.54, 1.807) is 34.6 Å². The highest BCUT2D eigenvalue weighted by Gasteiger charge is 2.53. The SMILES string of the molecule is CC[C@H]1OC(=O)[C@H](C)[C@@H](O[C@H]2C[C@@](C)(OC)[C@@H](O)[C@H](C)O2)[C@H](C)[C@@H](O[C@@H]2O[C@H](C)C[C@H](N(C)C)[C@H]2O)[C@](C)(O)C[C@@H](C)CN(CCCN(CCC#N)C(=S)NCCc2ccccc2)[C@H](C)[C@@H](O)[C@]1(C)O. The second kappa shape index (κ2) is 26.6. The van der Waals surface area contributed by atoms with Gasteiger partial charge in [0, 0.05) is 64.3 Å². The van der Waals surface area contributed by atoms with Gasteiger partial charge in [-0.25, -0.2) is 0 Å². The third-order valence-electron chi connectivity index (χ3n) is 15.2. The van der Waals surface area contributed by atoms with Gasteiger partial charge in [0.05, 0.1) is 54.0 Å². The first-order valence-corrected chi connectivity index (χ1v) is 25.9. The first-order valence-electron chi connectivity index (χ1n) is 25.5. The van der Waals surface area contributed by atoms with Crippen LogP contribution in [0.1, 0.15) is 113 Å². The fourth-order valence-corrected chi connectivity index (χ4v) is 11.2. The molecule has 1 aromatic rings. The number of carbonyl (C=O) groups excluding carboxylic acids is 1. The number of benzene rings is 1. The Balaban J connectivity index is 1.74. The molecule has 6 N–H and O–H groups in total. The van der Waals surface area contributed by atoms with Gasteiger partial charge in [0.15, 0.2) is 17.7 Å². The number of nitrogens with one attached hydrogen (secondary N) is 1. The smallest absolute Gasteiger partial charge is 0.311 e. The molecule has 18 atom stereocenters. The predicted octanol–water partition coefficient (Wildman–Crippen LogP) is 3.99. The number of aliphatic hydroxyl groups excluding tert-OH is 3. The minimum absolute atomic E-state index is 0.101. The van der Waals surface area contributed by atoms with E-state index in [0.29, 0.717) is 50.7 Å². The highest BCUT2D eigenvalue weighted by atomic mass is 32.1. The third kappa shape index (κ3) is 15.5. The molecule has 0 radical (unpaired) electrons. The number of carbonyl (C=O) groups is 1. The van der Waals surface area contributed by atoms with Crippen LogP contribution in [0.15, 0.2) is 30.3 Å². The summed E-state index contributed by atoms with van der Waals surface area (Å²) in [6.45, 7) is 20.0. The van der Waals surface area contributed by atoms with Crippen molar-refractivity contribution >= 4 is 23.3 Å². The van der Waals surface area contributed by atoms with Crippen LogP contribution in [0.4, 0.5) is 0 Å². The van der Waals surface area contributed by atoms with E-state index in [9.17, 15) is 35.6 Å². The summed E-state index contributed by atoms with van der Waals surface area (Å²) in [5, 5.41) is 73.8. The molecular formula is C52H89N5O12S. The molecule has 3 aliphatic heterocycles. The Morgan fingerprint density at radius 1 is 0.986 bits per heavy atom. The average Bonchev–Trinajstić information content (AvgIpc) is 3.30. The van der Waals surface area contributed by atoms with Crippen LogP contribution in [-0.4, -0.2) is 196 Å². The topological polar surface area (TPSA) is 219 Å². The van der Waals surface area contributed by atoms with E-state index in [1.807, 2.05) is 69.8 Å². The summed E-state index contributed by atoms with van der Waals surface area (Å²) in [5.41, 5.74) is -3.46. The number of hydrogen-bond acceptors (Lipinski definition) is 16. The maximum Gasteiger partial charge on any atom is 0.311 e. The monoisotopic (exact) mass is 1010 g/mol. The number of ether oxygens (including phenoxy) is 6. The molecule has 70 heavy (non-hydrogen) atoms. The van der Waals surface area contributed by atoms with Gasteiger partial charge in [0.2, 0.25) is 0 Å². The van der Waals surface area contributed by atoms with E-state index in [2.05, 4.69) is 28.4 Å². The average molecular weight is 1010 g/mol. The van der Waals surface area contributed by atoms with Crippen LogP contribution in [0.25, 0.3) is 0 Å². The number of nitriles is 1. The van der Waals surface area contributed by atoms with Gasteiger partial charge < -0.3 is 69.1 Å². The molecule has 0 unspecified atom stereocenters. The maximum atomic E-state index is 14.6. The molecule has 0 saturated carbocycles. The van der Waals surface area contributed by atoms with Gasteiger partial charge in [-0.1, -0.05) is 51.1 Å². The summed E-state index contributed by atoms with van der Waals surface area (Å²) < 4.78 is 38.2. The quantitative estimate of drug-likeness (QED) is 0.102. The third-order valence-corrected chi connectivity index (χ3v) is 15.6. The number of esters is 1. The lowest BCUT2D eigenvalue weighted by atomic mass is 9.77. The van der Waals surface area contributed by atoms with Gasteiger partial charge >= 0.3 is 5.97 Å². The van der Waals surface area contributed by atoms with E-state index in [0.717, 1.165) is 6.42 Å². The highest BCUT2D eigenvalue weighted by molar-refractivity contribution is 7.80. The molecule has 1 aromatic carbocycles. The molecule has 0 aliphatic carbocycles. The van der Waals surface area contributed by atoms with Crippen LogP contribution in [0.5, 0.6) is 0 Å². The summed E-state index contributed by atoms with van der Waals surface area (Å²) in [6.07, 6.45) is -7.37. The molecule has 3 saturated heterocycles. The molecule has 18 heteroatoms. The van der Waals surface area contributed by atoms with Gasteiger partial charge in [-0.2, -0.15) is 5.26 Å².